The molecule has 176 valence electrons. The number of likely N-dealkylation sites (tertiary alicyclic amines) is 2. The lowest BCUT2D eigenvalue weighted by Crippen LogP contribution is -2.45. The van der Waals surface area contributed by atoms with Crippen LogP contribution in [-0.4, -0.2) is 54.3 Å². The Morgan fingerprint density at radius 2 is 1.67 bits per heavy atom. The molecule has 0 aromatic heterocycles. The van der Waals surface area contributed by atoms with Gasteiger partial charge >= 0.3 is 0 Å². The standard InChI is InChI=1S/C26H31F2N3O2/c1-18-4-6-19(7-5-18)24(30-12-2-3-13-30)17-29-25(32)20-10-14-31(15-11-20)26(33)22-9-8-21(27)16-23(22)28/h4-9,16,20,24H,2-3,10-15,17H2,1H3,(H,29,32). The lowest BCUT2D eigenvalue weighted by Gasteiger charge is -2.33. The van der Waals surface area contributed by atoms with Crippen molar-refractivity contribution in [3.8, 4) is 0 Å². The third-order valence-electron chi connectivity index (χ3n) is 6.83. The lowest BCUT2D eigenvalue weighted by atomic mass is 9.95. The third-order valence-corrected chi connectivity index (χ3v) is 6.83. The van der Waals surface area contributed by atoms with E-state index in [2.05, 4.69) is 41.4 Å². The Labute approximate surface area is 193 Å². The van der Waals surface area contributed by atoms with Gasteiger partial charge in [-0.2, -0.15) is 0 Å². The molecule has 0 radical (unpaired) electrons. The van der Waals surface area contributed by atoms with Crippen molar-refractivity contribution < 1.29 is 18.4 Å². The van der Waals surface area contributed by atoms with Crippen LogP contribution in [0.4, 0.5) is 8.78 Å². The van der Waals surface area contributed by atoms with Crippen molar-refractivity contribution >= 4 is 11.8 Å². The number of amides is 2. The van der Waals surface area contributed by atoms with E-state index in [0.717, 1.165) is 25.2 Å². The molecule has 2 aromatic carbocycles. The maximum atomic E-state index is 14.0. The summed E-state index contributed by atoms with van der Waals surface area (Å²) in [6.45, 7) is 5.45. The van der Waals surface area contributed by atoms with E-state index >= 15 is 0 Å². The lowest BCUT2D eigenvalue weighted by molar-refractivity contribution is -0.126. The number of piperidine rings is 1. The van der Waals surface area contributed by atoms with Gasteiger partial charge in [0.25, 0.3) is 5.91 Å². The molecular weight excluding hydrogens is 424 g/mol. The van der Waals surface area contributed by atoms with Gasteiger partial charge in [-0.1, -0.05) is 29.8 Å². The fraction of sp³-hybridized carbons (Fsp3) is 0.462. The summed E-state index contributed by atoms with van der Waals surface area (Å²) in [6.07, 6.45) is 3.41. The number of nitrogens with one attached hydrogen (secondary N) is 1. The first kappa shape index (κ1) is 23.4. The molecule has 2 saturated heterocycles. The van der Waals surface area contributed by atoms with Crippen molar-refractivity contribution in [1.29, 1.82) is 0 Å². The predicted molar refractivity (Wildman–Crippen MR) is 123 cm³/mol. The van der Waals surface area contributed by atoms with Gasteiger partial charge in [0.15, 0.2) is 0 Å². The first-order chi connectivity index (χ1) is 15.9. The fourth-order valence-corrected chi connectivity index (χ4v) is 4.82. The number of aryl methyl sites for hydroxylation is 1. The molecule has 0 saturated carbocycles. The molecule has 2 aromatic rings. The third kappa shape index (κ3) is 5.58. The zero-order valence-corrected chi connectivity index (χ0v) is 19.0. The Bertz CT molecular complexity index is 982. The van der Waals surface area contributed by atoms with Crippen LogP contribution in [0.25, 0.3) is 0 Å². The number of hydrogen-bond donors (Lipinski definition) is 1. The van der Waals surface area contributed by atoms with E-state index < -0.39 is 17.5 Å². The Hall–Kier alpha value is -2.80. The van der Waals surface area contributed by atoms with Crippen LogP contribution < -0.4 is 5.32 Å². The molecule has 2 aliphatic heterocycles. The van der Waals surface area contributed by atoms with Crippen LogP contribution >= 0.6 is 0 Å². The van der Waals surface area contributed by atoms with Crippen molar-refractivity contribution in [3.63, 3.8) is 0 Å². The highest BCUT2D eigenvalue weighted by molar-refractivity contribution is 5.94. The van der Waals surface area contributed by atoms with Crippen LogP contribution in [-0.2, 0) is 4.79 Å². The second kappa shape index (κ2) is 10.4. The summed E-state index contributed by atoms with van der Waals surface area (Å²) in [5.74, 6) is -2.20. The van der Waals surface area contributed by atoms with E-state index in [0.29, 0.717) is 32.5 Å². The summed E-state index contributed by atoms with van der Waals surface area (Å²) < 4.78 is 27.1. The minimum absolute atomic E-state index is 0.00590. The molecule has 2 aliphatic rings. The van der Waals surface area contributed by atoms with Gasteiger partial charge in [-0.15, -0.1) is 0 Å². The van der Waals surface area contributed by atoms with Gasteiger partial charge < -0.3 is 10.2 Å². The number of carbonyl (C=O) groups is 2. The van der Waals surface area contributed by atoms with Crippen LogP contribution in [0.5, 0.6) is 0 Å². The number of nitrogens with zero attached hydrogens (tertiary/aromatic N) is 2. The summed E-state index contributed by atoms with van der Waals surface area (Å²) in [4.78, 5) is 29.5. The van der Waals surface area contributed by atoms with Crippen LogP contribution in [0.15, 0.2) is 42.5 Å². The first-order valence-electron chi connectivity index (χ1n) is 11.7. The molecule has 5 nitrogen and oxygen atoms in total. The monoisotopic (exact) mass is 455 g/mol. The molecule has 0 bridgehead atoms. The van der Waals surface area contributed by atoms with Gasteiger partial charge in [0.05, 0.1) is 11.6 Å². The largest absolute Gasteiger partial charge is 0.354 e. The second-order valence-corrected chi connectivity index (χ2v) is 9.11. The quantitative estimate of drug-likeness (QED) is 0.714. The smallest absolute Gasteiger partial charge is 0.256 e. The molecule has 2 heterocycles. The van der Waals surface area contributed by atoms with E-state index in [1.54, 1.807) is 4.90 Å². The SMILES string of the molecule is Cc1ccc(C(CNC(=O)C2CCN(C(=O)c3ccc(F)cc3F)CC2)N2CCCC2)cc1. The van der Waals surface area contributed by atoms with Crippen molar-refractivity contribution in [3.05, 3.63) is 70.8 Å². The highest BCUT2D eigenvalue weighted by Crippen LogP contribution is 2.26. The zero-order chi connectivity index (χ0) is 23.4. The van der Waals surface area contributed by atoms with Crippen molar-refractivity contribution in [2.75, 3.05) is 32.7 Å². The molecule has 0 aliphatic carbocycles. The summed E-state index contributed by atoms with van der Waals surface area (Å²) in [5, 5.41) is 3.15. The van der Waals surface area contributed by atoms with Crippen molar-refractivity contribution in [1.82, 2.24) is 15.1 Å². The van der Waals surface area contributed by atoms with Crippen molar-refractivity contribution in [2.45, 2.75) is 38.6 Å². The van der Waals surface area contributed by atoms with Crippen LogP contribution in [0.3, 0.4) is 0 Å². The van der Waals surface area contributed by atoms with E-state index in [4.69, 9.17) is 0 Å². The number of carbonyl (C=O) groups excluding carboxylic acids is 2. The summed E-state index contributed by atoms with van der Waals surface area (Å²) >= 11 is 0. The number of hydrogen-bond acceptors (Lipinski definition) is 3. The predicted octanol–water partition coefficient (Wildman–Crippen LogP) is 4.08. The molecule has 4 rings (SSSR count). The fourth-order valence-electron chi connectivity index (χ4n) is 4.82. The van der Waals surface area contributed by atoms with Gasteiger partial charge in [-0.05, 0) is 63.4 Å². The second-order valence-electron chi connectivity index (χ2n) is 9.11. The van der Waals surface area contributed by atoms with Gasteiger partial charge in [-0.3, -0.25) is 14.5 Å². The van der Waals surface area contributed by atoms with Crippen molar-refractivity contribution in [2.24, 2.45) is 5.92 Å². The average molecular weight is 456 g/mol. The zero-order valence-electron chi connectivity index (χ0n) is 19.0. The van der Waals surface area contributed by atoms with Crippen LogP contribution in [0.1, 0.15) is 53.2 Å². The van der Waals surface area contributed by atoms with E-state index in [-0.39, 0.29) is 23.4 Å². The molecule has 1 N–H and O–H groups in total. The molecule has 0 spiro atoms. The number of halogens is 2. The van der Waals surface area contributed by atoms with Gasteiger partial charge in [0.2, 0.25) is 5.91 Å². The minimum Gasteiger partial charge on any atom is -0.354 e. The maximum absolute atomic E-state index is 14.0. The van der Waals surface area contributed by atoms with Crippen LogP contribution in [0.2, 0.25) is 0 Å². The van der Waals surface area contributed by atoms with Gasteiger partial charge in [-0.25, -0.2) is 8.78 Å². The molecule has 2 fully saturated rings. The Kier molecular flexibility index (Phi) is 7.38. The van der Waals surface area contributed by atoms with Gasteiger partial charge in [0, 0.05) is 31.6 Å². The van der Waals surface area contributed by atoms with Crippen LogP contribution in [0, 0.1) is 24.5 Å². The average Bonchev–Trinajstić information content (AvgIpc) is 3.34. The first-order valence-corrected chi connectivity index (χ1v) is 11.7. The molecule has 2 amide bonds. The molecule has 1 atom stereocenters. The number of benzene rings is 2. The van der Waals surface area contributed by atoms with E-state index in [1.165, 1.54) is 30.0 Å². The highest BCUT2D eigenvalue weighted by Gasteiger charge is 2.30. The van der Waals surface area contributed by atoms with E-state index in [9.17, 15) is 18.4 Å². The highest BCUT2D eigenvalue weighted by atomic mass is 19.1. The Balaban J connectivity index is 1.32. The molecule has 7 heteroatoms. The molecule has 33 heavy (non-hydrogen) atoms. The minimum atomic E-state index is -0.857. The summed E-state index contributed by atoms with van der Waals surface area (Å²) in [6, 6.07) is 11.6. The molecular formula is C26H31F2N3O2. The molecule has 1 unspecified atom stereocenters. The Morgan fingerprint density at radius 3 is 2.30 bits per heavy atom. The summed E-state index contributed by atoms with van der Waals surface area (Å²) in [7, 11) is 0. The normalized spacial score (nSPS) is 18.3. The number of rotatable bonds is 6. The van der Waals surface area contributed by atoms with Gasteiger partial charge in [0.1, 0.15) is 11.6 Å². The maximum Gasteiger partial charge on any atom is 0.256 e. The summed E-state index contributed by atoms with van der Waals surface area (Å²) in [5.41, 5.74) is 2.29. The topological polar surface area (TPSA) is 52.7 Å². The van der Waals surface area contributed by atoms with E-state index in [1.807, 2.05) is 0 Å². The Morgan fingerprint density at radius 1 is 1.00 bits per heavy atom.